The quantitative estimate of drug-likeness (QED) is 0.908. The minimum absolute atomic E-state index is 0.272. The van der Waals surface area contributed by atoms with E-state index in [0.29, 0.717) is 0 Å². The van der Waals surface area contributed by atoms with E-state index in [9.17, 15) is 4.79 Å². The van der Waals surface area contributed by atoms with Crippen LogP contribution in [0.1, 0.15) is 29.5 Å². The van der Waals surface area contributed by atoms with Crippen molar-refractivity contribution in [3.63, 3.8) is 0 Å². The summed E-state index contributed by atoms with van der Waals surface area (Å²) in [6.07, 6.45) is 1.85. The Morgan fingerprint density at radius 2 is 1.80 bits per heavy atom. The maximum Gasteiger partial charge on any atom is 0.224 e. The van der Waals surface area contributed by atoms with Crippen molar-refractivity contribution in [3.05, 3.63) is 59.2 Å². The lowest BCUT2D eigenvalue weighted by atomic mass is 9.96. The number of fused-ring (bicyclic) bond motifs is 2. The molecule has 1 atom stereocenters. The molecule has 0 saturated carbocycles. The molecule has 0 spiro atoms. The van der Waals surface area contributed by atoms with Crippen LogP contribution in [0.3, 0.4) is 0 Å². The molecule has 1 aliphatic rings. The Balaban J connectivity index is 1.97. The number of amides is 1. The van der Waals surface area contributed by atoms with Crippen LogP contribution in [-0.2, 0) is 17.6 Å². The van der Waals surface area contributed by atoms with Crippen LogP contribution < -0.4 is 10.5 Å². The van der Waals surface area contributed by atoms with Crippen molar-refractivity contribution in [1.82, 2.24) is 0 Å². The van der Waals surface area contributed by atoms with Gasteiger partial charge in [-0.3, -0.25) is 4.79 Å². The Morgan fingerprint density at radius 1 is 1.10 bits per heavy atom. The molecule has 0 fully saturated rings. The van der Waals surface area contributed by atoms with Gasteiger partial charge in [-0.05, 0) is 48.6 Å². The highest BCUT2D eigenvalue weighted by atomic mass is 16.5. The fourth-order valence-corrected chi connectivity index (χ4v) is 2.53. The highest BCUT2D eigenvalue weighted by molar-refractivity contribution is 5.81. The summed E-state index contributed by atoms with van der Waals surface area (Å²) in [5.41, 5.74) is 8.67. The third kappa shape index (κ3) is 2.27. The highest BCUT2D eigenvalue weighted by Crippen LogP contribution is 2.34. The minimum atomic E-state index is -0.303. The van der Waals surface area contributed by atoms with Gasteiger partial charge in [-0.25, -0.2) is 0 Å². The zero-order valence-electron chi connectivity index (χ0n) is 11.4. The number of hydrogen-bond donors (Lipinski definition) is 1. The van der Waals surface area contributed by atoms with E-state index in [0.717, 1.165) is 35.5 Å². The number of rotatable bonds is 2. The SMILES string of the molecule is CC(C(N)=O)c1ccc2c(c1)CCc1ccccc1O2. The molecule has 1 unspecified atom stereocenters. The van der Waals surface area contributed by atoms with Crippen LogP contribution >= 0.6 is 0 Å². The largest absolute Gasteiger partial charge is 0.457 e. The first-order chi connectivity index (χ1) is 9.65. The standard InChI is InChI=1S/C17H17NO2/c1-11(17(18)19)13-8-9-16-14(10-13)7-6-12-4-2-3-5-15(12)20-16/h2-5,8-11H,6-7H2,1H3,(H2,18,19). The smallest absolute Gasteiger partial charge is 0.224 e. The van der Waals surface area contributed by atoms with Crippen LogP contribution in [0.15, 0.2) is 42.5 Å². The number of ether oxygens (including phenoxy) is 1. The molecule has 0 saturated heterocycles. The van der Waals surface area contributed by atoms with Crippen molar-refractivity contribution in [1.29, 1.82) is 0 Å². The minimum Gasteiger partial charge on any atom is -0.457 e. The number of carbonyl (C=O) groups is 1. The molecule has 0 radical (unpaired) electrons. The fourth-order valence-electron chi connectivity index (χ4n) is 2.53. The zero-order chi connectivity index (χ0) is 14.1. The van der Waals surface area contributed by atoms with Crippen molar-refractivity contribution < 1.29 is 9.53 Å². The topological polar surface area (TPSA) is 52.3 Å². The third-order valence-electron chi connectivity index (χ3n) is 3.87. The highest BCUT2D eigenvalue weighted by Gasteiger charge is 2.17. The molecule has 102 valence electrons. The van der Waals surface area contributed by atoms with Gasteiger partial charge in [-0.2, -0.15) is 0 Å². The van der Waals surface area contributed by atoms with E-state index >= 15 is 0 Å². The van der Waals surface area contributed by atoms with Gasteiger partial charge >= 0.3 is 0 Å². The molecule has 20 heavy (non-hydrogen) atoms. The summed E-state index contributed by atoms with van der Waals surface area (Å²) in [5, 5.41) is 0. The molecule has 0 aliphatic carbocycles. The van der Waals surface area contributed by atoms with Gasteiger partial charge < -0.3 is 10.5 Å². The maximum atomic E-state index is 11.3. The predicted molar refractivity (Wildman–Crippen MR) is 78.0 cm³/mol. The summed E-state index contributed by atoms with van der Waals surface area (Å²) in [4.78, 5) is 11.3. The van der Waals surface area contributed by atoms with Gasteiger partial charge in [0.25, 0.3) is 0 Å². The number of para-hydroxylation sites is 1. The predicted octanol–water partition coefficient (Wildman–Crippen LogP) is 3.17. The molecular weight excluding hydrogens is 250 g/mol. The Hall–Kier alpha value is -2.29. The molecule has 2 N–H and O–H groups in total. The van der Waals surface area contributed by atoms with Crippen molar-refractivity contribution in [2.24, 2.45) is 5.73 Å². The lowest BCUT2D eigenvalue weighted by Gasteiger charge is -2.12. The Morgan fingerprint density at radius 3 is 2.60 bits per heavy atom. The summed E-state index contributed by atoms with van der Waals surface area (Å²) in [5.74, 6) is 1.21. The zero-order valence-corrected chi connectivity index (χ0v) is 11.4. The summed E-state index contributed by atoms with van der Waals surface area (Å²) in [6.45, 7) is 1.83. The average molecular weight is 267 g/mol. The van der Waals surface area contributed by atoms with Crippen LogP contribution in [0.4, 0.5) is 0 Å². The molecule has 3 nitrogen and oxygen atoms in total. The fraction of sp³-hybridized carbons (Fsp3) is 0.235. The molecule has 1 heterocycles. The van der Waals surface area contributed by atoms with Crippen LogP contribution in [0.2, 0.25) is 0 Å². The molecular formula is C17H17NO2. The van der Waals surface area contributed by atoms with E-state index in [-0.39, 0.29) is 11.8 Å². The first kappa shape index (κ1) is 12.7. The first-order valence-corrected chi connectivity index (χ1v) is 6.83. The van der Waals surface area contributed by atoms with E-state index in [1.165, 1.54) is 5.56 Å². The van der Waals surface area contributed by atoms with Gasteiger partial charge in [0, 0.05) is 0 Å². The number of carbonyl (C=O) groups excluding carboxylic acids is 1. The summed E-state index contributed by atoms with van der Waals surface area (Å²) in [7, 11) is 0. The molecule has 1 aliphatic heterocycles. The van der Waals surface area contributed by atoms with Gasteiger partial charge in [0.1, 0.15) is 11.5 Å². The molecule has 0 bridgehead atoms. The Labute approximate surface area is 118 Å². The maximum absolute atomic E-state index is 11.3. The molecule has 1 amide bonds. The molecule has 0 aromatic heterocycles. The van der Waals surface area contributed by atoms with Gasteiger partial charge in [0.2, 0.25) is 5.91 Å². The monoisotopic (exact) mass is 267 g/mol. The summed E-state index contributed by atoms with van der Waals surface area (Å²) in [6, 6.07) is 14.0. The molecule has 2 aromatic rings. The van der Waals surface area contributed by atoms with Crippen LogP contribution in [0.5, 0.6) is 11.5 Å². The number of aryl methyl sites for hydroxylation is 2. The lowest BCUT2D eigenvalue weighted by Crippen LogP contribution is -2.18. The van der Waals surface area contributed by atoms with E-state index in [1.54, 1.807) is 0 Å². The molecule has 3 rings (SSSR count). The van der Waals surface area contributed by atoms with Crippen molar-refractivity contribution in [3.8, 4) is 11.5 Å². The van der Waals surface area contributed by atoms with Gasteiger partial charge in [0.05, 0.1) is 5.92 Å². The average Bonchev–Trinajstić information content (AvgIpc) is 2.64. The van der Waals surface area contributed by atoms with Crippen molar-refractivity contribution in [2.75, 3.05) is 0 Å². The lowest BCUT2D eigenvalue weighted by molar-refractivity contribution is -0.119. The summed E-state index contributed by atoms with van der Waals surface area (Å²) >= 11 is 0. The van der Waals surface area contributed by atoms with E-state index in [2.05, 4.69) is 6.07 Å². The number of primary amides is 1. The second kappa shape index (κ2) is 5.00. The van der Waals surface area contributed by atoms with Gasteiger partial charge in [-0.1, -0.05) is 30.3 Å². The third-order valence-corrected chi connectivity index (χ3v) is 3.87. The van der Waals surface area contributed by atoms with E-state index in [4.69, 9.17) is 10.5 Å². The van der Waals surface area contributed by atoms with Crippen molar-refractivity contribution >= 4 is 5.91 Å². The van der Waals surface area contributed by atoms with Crippen LogP contribution in [0.25, 0.3) is 0 Å². The molecule has 3 heteroatoms. The second-order valence-electron chi connectivity index (χ2n) is 5.20. The number of hydrogen-bond acceptors (Lipinski definition) is 2. The van der Waals surface area contributed by atoms with Crippen LogP contribution in [0, 0.1) is 0 Å². The molecule has 2 aromatic carbocycles. The van der Waals surface area contributed by atoms with Crippen molar-refractivity contribution in [2.45, 2.75) is 25.7 Å². The van der Waals surface area contributed by atoms with E-state index in [1.807, 2.05) is 43.3 Å². The second-order valence-corrected chi connectivity index (χ2v) is 5.20. The van der Waals surface area contributed by atoms with Gasteiger partial charge in [0.15, 0.2) is 0 Å². The first-order valence-electron chi connectivity index (χ1n) is 6.83. The van der Waals surface area contributed by atoms with Crippen LogP contribution in [-0.4, -0.2) is 5.91 Å². The Bertz CT molecular complexity index is 664. The Kier molecular flexibility index (Phi) is 3.18. The summed E-state index contributed by atoms with van der Waals surface area (Å²) < 4.78 is 5.98. The van der Waals surface area contributed by atoms with E-state index < -0.39 is 0 Å². The van der Waals surface area contributed by atoms with Gasteiger partial charge in [-0.15, -0.1) is 0 Å². The number of nitrogens with two attached hydrogens (primary N) is 1. The normalized spacial score (nSPS) is 14.4. The number of benzene rings is 2.